The third-order valence-electron chi connectivity index (χ3n) is 3.17. The van der Waals surface area contributed by atoms with E-state index in [2.05, 4.69) is 5.32 Å². The summed E-state index contributed by atoms with van der Waals surface area (Å²) < 4.78 is 4.97. The number of amides is 2. The number of methoxy groups -OCH3 is 1. The Kier molecular flexibility index (Phi) is 5.37. The van der Waals surface area contributed by atoms with Crippen molar-refractivity contribution in [3.05, 3.63) is 23.8 Å². The first-order chi connectivity index (χ1) is 9.40. The van der Waals surface area contributed by atoms with Gasteiger partial charge in [-0.1, -0.05) is 0 Å². The maximum atomic E-state index is 12.3. The van der Waals surface area contributed by atoms with E-state index < -0.39 is 0 Å². The molecule has 1 aromatic rings. The van der Waals surface area contributed by atoms with E-state index >= 15 is 0 Å². The third kappa shape index (κ3) is 3.63. The fraction of sp³-hybridized carbons (Fsp3) is 0.429. The van der Waals surface area contributed by atoms with Crippen LogP contribution in [0.25, 0.3) is 0 Å². The Balaban J connectivity index is 2.86. The predicted molar refractivity (Wildman–Crippen MR) is 74.9 cm³/mol. The van der Waals surface area contributed by atoms with Gasteiger partial charge in [-0.3, -0.25) is 9.59 Å². The van der Waals surface area contributed by atoms with E-state index in [0.29, 0.717) is 5.56 Å². The van der Waals surface area contributed by atoms with E-state index in [-0.39, 0.29) is 35.8 Å². The van der Waals surface area contributed by atoms with Crippen molar-refractivity contribution in [2.24, 2.45) is 0 Å². The van der Waals surface area contributed by atoms with Crippen LogP contribution < -0.4 is 10.1 Å². The molecule has 2 N–H and O–H groups in total. The average Bonchev–Trinajstić information content (AvgIpc) is 2.45. The molecule has 1 rings (SSSR count). The highest BCUT2D eigenvalue weighted by atomic mass is 16.5. The Hall–Kier alpha value is -2.24. The van der Waals surface area contributed by atoms with Gasteiger partial charge in [0, 0.05) is 32.1 Å². The van der Waals surface area contributed by atoms with Crippen molar-refractivity contribution in [1.82, 2.24) is 10.2 Å². The Morgan fingerprint density at radius 2 is 2.10 bits per heavy atom. The molecule has 0 heterocycles. The number of nitrogens with zero attached hydrogens (tertiary/aromatic N) is 1. The molecule has 6 heteroatoms. The summed E-state index contributed by atoms with van der Waals surface area (Å²) in [6.45, 7) is 1.80. The summed E-state index contributed by atoms with van der Waals surface area (Å²) in [5.41, 5.74) is 0.394. The number of benzene rings is 1. The van der Waals surface area contributed by atoms with Crippen molar-refractivity contribution < 1.29 is 19.4 Å². The second-order valence-corrected chi connectivity index (χ2v) is 4.53. The number of phenols is 1. The number of carbonyl (C=O) groups excluding carboxylic acids is 2. The lowest BCUT2D eigenvalue weighted by Crippen LogP contribution is -2.38. The number of rotatable bonds is 5. The second-order valence-electron chi connectivity index (χ2n) is 4.53. The zero-order chi connectivity index (χ0) is 15.3. The minimum absolute atomic E-state index is 0.0230. The molecule has 6 nitrogen and oxygen atoms in total. The summed E-state index contributed by atoms with van der Waals surface area (Å²) in [6, 6.07) is 4.16. The predicted octanol–water partition coefficient (Wildman–Crippen LogP) is 0.997. The van der Waals surface area contributed by atoms with Crippen LogP contribution in [0.1, 0.15) is 23.7 Å². The molecule has 1 atom stereocenters. The lowest BCUT2D eigenvalue weighted by Gasteiger charge is -2.24. The minimum atomic E-state index is -0.236. The van der Waals surface area contributed by atoms with Crippen molar-refractivity contribution in [2.45, 2.75) is 19.4 Å². The average molecular weight is 280 g/mol. The molecule has 2 amide bonds. The standard InChI is InChI=1S/C14H20N2O4/c1-9(7-13(18)15-2)16(3)14(19)10-5-6-11(17)12(8-10)20-4/h5-6,8-9,17H,7H2,1-4H3,(H,15,18)/t9-/m1/s1. The first-order valence-corrected chi connectivity index (χ1v) is 6.25. The van der Waals surface area contributed by atoms with Gasteiger partial charge in [0.2, 0.25) is 5.91 Å². The maximum Gasteiger partial charge on any atom is 0.253 e. The van der Waals surface area contributed by atoms with E-state index in [1.54, 1.807) is 21.0 Å². The van der Waals surface area contributed by atoms with Crippen molar-refractivity contribution in [3.8, 4) is 11.5 Å². The van der Waals surface area contributed by atoms with Gasteiger partial charge in [0.25, 0.3) is 5.91 Å². The summed E-state index contributed by atoms with van der Waals surface area (Å²) in [6.07, 6.45) is 0.230. The molecule has 0 spiro atoms. The summed E-state index contributed by atoms with van der Waals surface area (Å²) >= 11 is 0. The zero-order valence-electron chi connectivity index (χ0n) is 12.1. The number of phenolic OH excluding ortho intramolecular Hbond substituents is 1. The van der Waals surface area contributed by atoms with E-state index in [1.165, 1.54) is 30.2 Å². The summed E-state index contributed by atoms with van der Waals surface area (Å²) in [4.78, 5) is 25.1. The molecule has 0 unspecified atom stereocenters. The first-order valence-electron chi connectivity index (χ1n) is 6.25. The van der Waals surface area contributed by atoms with Crippen LogP contribution in [0, 0.1) is 0 Å². The highest BCUT2D eigenvalue weighted by Crippen LogP contribution is 2.26. The highest BCUT2D eigenvalue weighted by Gasteiger charge is 2.20. The van der Waals surface area contributed by atoms with Gasteiger partial charge in [-0.2, -0.15) is 0 Å². The first kappa shape index (κ1) is 15.8. The van der Waals surface area contributed by atoms with Gasteiger partial charge in [-0.05, 0) is 25.1 Å². The van der Waals surface area contributed by atoms with Gasteiger partial charge in [0.05, 0.1) is 7.11 Å². The van der Waals surface area contributed by atoms with Crippen molar-refractivity contribution in [1.29, 1.82) is 0 Å². The van der Waals surface area contributed by atoms with Gasteiger partial charge in [0.15, 0.2) is 11.5 Å². The fourth-order valence-corrected chi connectivity index (χ4v) is 1.72. The molecule has 110 valence electrons. The van der Waals surface area contributed by atoms with Gasteiger partial charge < -0.3 is 20.1 Å². The zero-order valence-corrected chi connectivity index (χ0v) is 12.1. The summed E-state index contributed by atoms with van der Waals surface area (Å²) in [5, 5.41) is 12.0. The van der Waals surface area contributed by atoms with Crippen LogP contribution in [0.4, 0.5) is 0 Å². The Labute approximate surface area is 118 Å². The monoisotopic (exact) mass is 280 g/mol. The number of ether oxygens (including phenoxy) is 1. The van der Waals surface area contributed by atoms with E-state index in [0.717, 1.165) is 0 Å². The number of carbonyl (C=O) groups is 2. The van der Waals surface area contributed by atoms with E-state index in [4.69, 9.17) is 4.74 Å². The number of aromatic hydroxyl groups is 1. The summed E-state index contributed by atoms with van der Waals surface area (Å²) in [7, 11) is 4.61. The molecule has 0 saturated heterocycles. The highest BCUT2D eigenvalue weighted by molar-refractivity contribution is 5.95. The third-order valence-corrected chi connectivity index (χ3v) is 3.17. The van der Waals surface area contributed by atoms with E-state index in [9.17, 15) is 14.7 Å². The molecular weight excluding hydrogens is 260 g/mol. The van der Waals surface area contributed by atoms with Gasteiger partial charge in [-0.25, -0.2) is 0 Å². The SMILES string of the molecule is CNC(=O)C[C@@H](C)N(C)C(=O)c1ccc(O)c(OC)c1. The van der Waals surface area contributed by atoms with Crippen LogP contribution in [0.3, 0.4) is 0 Å². The second kappa shape index (κ2) is 6.79. The fourth-order valence-electron chi connectivity index (χ4n) is 1.72. The van der Waals surface area contributed by atoms with E-state index in [1.807, 2.05) is 0 Å². The number of hydrogen-bond acceptors (Lipinski definition) is 4. The van der Waals surface area contributed by atoms with Gasteiger partial charge >= 0.3 is 0 Å². The summed E-state index contributed by atoms with van der Waals surface area (Å²) in [5.74, 6) is -0.145. The van der Waals surface area contributed by atoms with Crippen molar-refractivity contribution >= 4 is 11.8 Å². The van der Waals surface area contributed by atoms with Crippen LogP contribution in [0.5, 0.6) is 11.5 Å². The Bertz CT molecular complexity index is 502. The maximum absolute atomic E-state index is 12.3. The largest absolute Gasteiger partial charge is 0.504 e. The molecule has 0 aliphatic heterocycles. The molecule has 0 aliphatic rings. The van der Waals surface area contributed by atoms with Crippen LogP contribution in [0.2, 0.25) is 0 Å². The molecule has 1 aromatic carbocycles. The molecule has 20 heavy (non-hydrogen) atoms. The minimum Gasteiger partial charge on any atom is -0.504 e. The molecule has 0 aromatic heterocycles. The van der Waals surface area contributed by atoms with Gasteiger partial charge in [0.1, 0.15) is 0 Å². The quantitative estimate of drug-likeness (QED) is 0.843. The van der Waals surface area contributed by atoms with Crippen LogP contribution in [0.15, 0.2) is 18.2 Å². The van der Waals surface area contributed by atoms with Crippen LogP contribution >= 0.6 is 0 Å². The lowest BCUT2D eigenvalue weighted by molar-refractivity contribution is -0.121. The molecular formula is C14H20N2O4. The van der Waals surface area contributed by atoms with Gasteiger partial charge in [-0.15, -0.1) is 0 Å². The van der Waals surface area contributed by atoms with Crippen LogP contribution in [-0.4, -0.2) is 49.1 Å². The van der Waals surface area contributed by atoms with Crippen molar-refractivity contribution in [2.75, 3.05) is 21.2 Å². The Morgan fingerprint density at radius 1 is 1.45 bits per heavy atom. The smallest absolute Gasteiger partial charge is 0.253 e. The molecule has 0 radical (unpaired) electrons. The molecule has 0 fully saturated rings. The molecule has 0 aliphatic carbocycles. The molecule has 0 bridgehead atoms. The van der Waals surface area contributed by atoms with Crippen molar-refractivity contribution in [3.63, 3.8) is 0 Å². The molecule has 0 saturated carbocycles. The van der Waals surface area contributed by atoms with Crippen LogP contribution in [-0.2, 0) is 4.79 Å². The lowest BCUT2D eigenvalue weighted by atomic mass is 10.1. The Morgan fingerprint density at radius 3 is 2.65 bits per heavy atom. The number of hydrogen-bond donors (Lipinski definition) is 2. The normalized spacial score (nSPS) is 11.6. The topological polar surface area (TPSA) is 78.9 Å². The number of nitrogens with one attached hydrogen (secondary N) is 1.